The molecule has 0 radical (unpaired) electrons. The fourth-order valence-electron chi connectivity index (χ4n) is 3.43. The number of nitrogens with one attached hydrogen (secondary N) is 1. The molecule has 30 heavy (non-hydrogen) atoms. The number of carbonyl (C=O) groups is 2. The molecule has 1 fully saturated rings. The number of carbonyl (C=O) groups excluding carboxylic acids is 2. The van der Waals surface area contributed by atoms with Gasteiger partial charge in [-0.1, -0.05) is 31.1 Å². The first-order chi connectivity index (χ1) is 14.6. The molecule has 1 saturated carbocycles. The van der Waals surface area contributed by atoms with Crippen LogP contribution in [0.15, 0.2) is 18.2 Å². The Hall–Kier alpha value is -2.68. The molecular formula is C21H26N4O4S. The van der Waals surface area contributed by atoms with Crippen LogP contribution < -0.4 is 14.8 Å². The Balaban J connectivity index is 1.32. The van der Waals surface area contributed by atoms with Crippen LogP contribution in [0.5, 0.6) is 11.5 Å². The van der Waals surface area contributed by atoms with Crippen molar-refractivity contribution in [1.29, 1.82) is 0 Å². The summed E-state index contributed by atoms with van der Waals surface area (Å²) in [6.45, 7) is 3.47. The van der Waals surface area contributed by atoms with E-state index in [1.165, 1.54) is 11.3 Å². The molecule has 2 aliphatic rings. The van der Waals surface area contributed by atoms with E-state index >= 15 is 0 Å². The topological polar surface area (TPSA) is 93.7 Å². The van der Waals surface area contributed by atoms with Crippen molar-refractivity contribution >= 4 is 28.3 Å². The van der Waals surface area contributed by atoms with E-state index in [0.717, 1.165) is 37.7 Å². The summed E-state index contributed by atoms with van der Waals surface area (Å²) in [6, 6.07) is 5.57. The van der Waals surface area contributed by atoms with E-state index in [4.69, 9.17) is 9.47 Å². The molecule has 1 N–H and O–H groups in total. The minimum atomic E-state index is -0.161. The number of nitrogens with zero attached hydrogens (tertiary/aromatic N) is 3. The van der Waals surface area contributed by atoms with Gasteiger partial charge in [0, 0.05) is 31.0 Å². The first kappa shape index (κ1) is 20.6. The van der Waals surface area contributed by atoms with Crippen molar-refractivity contribution in [3.8, 4) is 22.1 Å². The summed E-state index contributed by atoms with van der Waals surface area (Å²) in [5.41, 5.74) is 0.856. The summed E-state index contributed by atoms with van der Waals surface area (Å²) in [6.07, 6.45) is 5.30. The van der Waals surface area contributed by atoms with Crippen molar-refractivity contribution < 1.29 is 19.1 Å². The molecule has 1 aromatic heterocycles. The molecule has 0 atom stereocenters. The zero-order chi connectivity index (χ0) is 20.9. The number of rotatable bonds is 9. The molecule has 0 saturated heterocycles. The molecule has 1 aromatic carbocycles. The van der Waals surface area contributed by atoms with Crippen molar-refractivity contribution in [3.63, 3.8) is 0 Å². The van der Waals surface area contributed by atoms with Crippen molar-refractivity contribution in [2.24, 2.45) is 5.92 Å². The maximum absolute atomic E-state index is 12.6. The summed E-state index contributed by atoms with van der Waals surface area (Å²) in [7, 11) is 0. The van der Waals surface area contributed by atoms with Crippen molar-refractivity contribution in [2.45, 2.75) is 45.4 Å². The van der Waals surface area contributed by atoms with Crippen LogP contribution in [0.3, 0.4) is 0 Å². The van der Waals surface area contributed by atoms with Gasteiger partial charge in [-0.2, -0.15) is 0 Å². The number of aromatic nitrogens is 2. The van der Waals surface area contributed by atoms with Gasteiger partial charge in [-0.25, -0.2) is 0 Å². The van der Waals surface area contributed by atoms with Gasteiger partial charge in [-0.05, 0) is 37.5 Å². The minimum absolute atomic E-state index is 0.150. The summed E-state index contributed by atoms with van der Waals surface area (Å²) in [5, 5.41) is 12.2. The van der Waals surface area contributed by atoms with Crippen molar-refractivity contribution in [2.75, 3.05) is 25.2 Å². The highest BCUT2D eigenvalue weighted by molar-refractivity contribution is 7.18. The quantitative estimate of drug-likeness (QED) is 0.652. The predicted molar refractivity (Wildman–Crippen MR) is 114 cm³/mol. The van der Waals surface area contributed by atoms with E-state index < -0.39 is 0 Å². The number of anilines is 1. The second-order valence-electron chi connectivity index (χ2n) is 7.59. The SMILES string of the molecule is CCCCN(CCC(=O)Nc1nnc(-c2ccc3c(c2)OCO3)s1)C(=O)C1CCC1. The van der Waals surface area contributed by atoms with Gasteiger partial charge in [-0.3, -0.25) is 9.59 Å². The monoisotopic (exact) mass is 430 g/mol. The molecule has 160 valence electrons. The lowest BCUT2D eigenvalue weighted by molar-refractivity contribution is -0.138. The van der Waals surface area contributed by atoms with Gasteiger partial charge >= 0.3 is 0 Å². The molecule has 8 nitrogen and oxygen atoms in total. The minimum Gasteiger partial charge on any atom is -0.454 e. The van der Waals surface area contributed by atoms with Gasteiger partial charge in [0.25, 0.3) is 0 Å². The van der Waals surface area contributed by atoms with Crippen LogP contribution in [-0.2, 0) is 9.59 Å². The smallest absolute Gasteiger partial charge is 0.231 e. The second-order valence-corrected chi connectivity index (χ2v) is 8.56. The van der Waals surface area contributed by atoms with Gasteiger partial charge in [-0.15, -0.1) is 10.2 Å². The lowest BCUT2D eigenvalue weighted by Gasteiger charge is -2.31. The Kier molecular flexibility index (Phi) is 6.47. The number of amides is 2. The number of hydrogen-bond donors (Lipinski definition) is 1. The largest absolute Gasteiger partial charge is 0.454 e. The fourth-order valence-corrected chi connectivity index (χ4v) is 4.19. The molecule has 0 spiro atoms. The fraction of sp³-hybridized carbons (Fsp3) is 0.524. The van der Waals surface area contributed by atoms with Crippen molar-refractivity contribution in [1.82, 2.24) is 15.1 Å². The maximum Gasteiger partial charge on any atom is 0.231 e. The molecule has 2 heterocycles. The Morgan fingerprint density at radius 1 is 1.20 bits per heavy atom. The van der Waals surface area contributed by atoms with Crippen LogP contribution in [0.1, 0.15) is 45.4 Å². The summed E-state index contributed by atoms with van der Waals surface area (Å²) >= 11 is 1.30. The molecule has 0 bridgehead atoms. The van der Waals surface area contributed by atoms with Crippen LogP contribution >= 0.6 is 11.3 Å². The number of ether oxygens (including phenoxy) is 2. The van der Waals surface area contributed by atoms with Gasteiger partial charge in [0.1, 0.15) is 5.01 Å². The van der Waals surface area contributed by atoms with E-state index in [1.54, 1.807) is 0 Å². The molecule has 1 aliphatic heterocycles. The lowest BCUT2D eigenvalue weighted by Crippen LogP contribution is -2.41. The first-order valence-electron chi connectivity index (χ1n) is 10.5. The van der Waals surface area contributed by atoms with Crippen LogP contribution in [0.25, 0.3) is 10.6 Å². The third kappa shape index (κ3) is 4.72. The Labute approximate surface area is 179 Å². The van der Waals surface area contributed by atoms with E-state index in [1.807, 2.05) is 23.1 Å². The first-order valence-corrected chi connectivity index (χ1v) is 11.3. The van der Waals surface area contributed by atoms with Crippen LogP contribution in [0.4, 0.5) is 5.13 Å². The number of hydrogen-bond acceptors (Lipinski definition) is 7. The second kappa shape index (κ2) is 9.42. The summed E-state index contributed by atoms with van der Waals surface area (Å²) < 4.78 is 10.7. The highest BCUT2D eigenvalue weighted by Gasteiger charge is 2.29. The zero-order valence-corrected chi connectivity index (χ0v) is 17.9. The average Bonchev–Trinajstić information content (AvgIpc) is 3.35. The van der Waals surface area contributed by atoms with Gasteiger partial charge in [0.15, 0.2) is 11.5 Å². The molecule has 2 amide bonds. The van der Waals surface area contributed by atoms with Crippen molar-refractivity contribution in [3.05, 3.63) is 18.2 Å². The normalized spacial score (nSPS) is 15.0. The standard InChI is InChI=1S/C21H26N4O4S/c1-2-3-10-25(20(27)14-5-4-6-14)11-9-18(26)22-21-24-23-19(30-21)15-7-8-16-17(12-15)29-13-28-16/h7-8,12,14H,2-6,9-11,13H2,1H3,(H,22,24,26). The average molecular weight is 431 g/mol. The summed E-state index contributed by atoms with van der Waals surface area (Å²) in [5.74, 6) is 1.57. The van der Waals surface area contributed by atoms with Crippen LogP contribution in [0.2, 0.25) is 0 Å². The molecule has 2 aromatic rings. The van der Waals surface area contributed by atoms with Gasteiger partial charge < -0.3 is 19.7 Å². The third-order valence-corrected chi connectivity index (χ3v) is 6.34. The third-order valence-electron chi connectivity index (χ3n) is 5.45. The Bertz CT molecular complexity index is 912. The van der Waals surface area contributed by atoms with E-state index in [-0.39, 0.29) is 30.9 Å². The number of unbranched alkanes of at least 4 members (excludes halogenated alkanes) is 1. The highest BCUT2D eigenvalue weighted by atomic mass is 32.1. The van der Waals surface area contributed by atoms with E-state index in [0.29, 0.717) is 34.7 Å². The van der Waals surface area contributed by atoms with Gasteiger partial charge in [0.05, 0.1) is 0 Å². The molecule has 4 rings (SSSR count). The van der Waals surface area contributed by atoms with Crippen LogP contribution in [-0.4, -0.2) is 46.8 Å². The highest BCUT2D eigenvalue weighted by Crippen LogP contribution is 2.37. The molecular weight excluding hydrogens is 404 g/mol. The zero-order valence-electron chi connectivity index (χ0n) is 17.1. The Morgan fingerprint density at radius 3 is 2.80 bits per heavy atom. The molecule has 1 aliphatic carbocycles. The van der Waals surface area contributed by atoms with E-state index in [9.17, 15) is 9.59 Å². The molecule has 9 heteroatoms. The van der Waals surface area contributed by atoms with Crippen LogP contribution in [0, 0.1) is 5.92 Å². The van der Waals surface area contributed by atoms with E-state index in [2.05, 4.69) is 22.4 Å². The number of benzene rings is 1. The maximum atomic E-state index is 12.6. The summed E-state index contributed by atoms with van der Waals surface area (Å²) in [4.78, 5) is 26.9. The predicted octanol–water partition coefficient (Wildman–Crippen LogP) is 3.69. The molecule has 0 unspecified atom stereocenters. The Morgan fingerprint density at radius 2 is 2.03 bits per heavy atom. The lowest BCUT2D eigenvalue weighted by atomic mass is 9.84. The number of fused-ring (bicyclic) bond motifs is 1. The van der Waals surface area contributed by atoms with Gasteiger partial charge in [0.2, 0.25) is 23.7 Å².